The summed E-state index contributed by atoms with van der Waals surface area (Å²) in [6, 6.07) is 3.74. The van der Waals surface area contributed by atoms with E-state index in [1.807, 2.05) is 0 Å². The van der Waals surface area contributed by atoms with E-state index in [0.717, 1.165) is 27.7 Å². The summed E-state index contributed by atoms with van der Waals surface area (Å²) in [7, 11) is 1.31. The first-order valence-corrected chi connectivity index (χ1v) is 10.1. The molecule has 0 aliphatic rings. The molecule has 0 fully saturated rings. The Balaban J connectivity index is 1.84. The minimum absolute atomic E-state index is 0.000726. The average molecular weight is 454 g/mol. The fraction of sp³-hybridized carbons (Fsp3) is 0.111. The van der Waals surface area contributed by atoms with Crippen molar-refractivity contribution in [3.05, 3.63) is 69.1 Å². The molecular weight excluding hydrogens is 444 g/mol. The van der Waals surface area contributed by atoms with Crippen LogP contribution in [0.4, 0.5) is 17.6 Å². The first-order chi connectivity index (χ1) is 14.4. The number of fused-ring (bicyclic) bond motifs is 1. The van der Waals surface area contributed by atoms with Crippen LogP contribution in [0.3, 0.4) is 0 Å². The Bertz CT molecular complexity index is 1300. The van der Waals surface area contributed by atoms with Crippen LogP contribution in [0.1, 0.15) is 5.56 Å². The van der Waals surface area contributed by atoms with Crippen molar-refractivity contribution in [3.8, 4) is 11.6 Å². The van der Waals surface area contributed by atoms with Crippen LogP contribution in [0.2, 0.25) is 0 Å². The highest BCUT2D eigenvalue weighted by Gasteiger charge is 2.20. The van der Waals surface area contributed by atoms with Crippen LogP contribution in [0, 0.1) is 23.4 Å². The van der Waals surface area contributed by atoms with E-state index in [0.29, 0.717) is 12.1 Å². The lowest BCUT2D eigenvalue weighted by Gasteiger charge is -2.13. The van der Waals surface area contributed by atoms with Crippen molar-refractivity contribution in [2.75, 3.05) is 7.11 Å². The highest BCUT2D eigenvalue weighted by Crippen LogP contribution is 2.28. The van der Waals surface area contributed by atoms with E-state index >= 15 is 0 Å². The van der Waals surface area contributed by atoms with Gasteiger partial charge in [0.2, 0.25) is 11.8 Å². The Morgan fingerprint density at radius 2 is 1.87 bits per heavy atom. The van der Waals surface area contributed by atoms with Gasteiger partial charge in [0.15, 0.2) is 10.8 Å². The maximum absolute atomic E-state index is 14.6. The van der Waals surface area contributed by atoms with Gasteiger partial charge in [0.1, 0.15) is 27.8 Å². The van der Waals surface area contributed by atoms with Gasteiger partial charge in [-0.15, -0.1) is 11.3 Å². The van der Waals surface area contributed by atoms with Crippen LogP contribution in [0.25, 0.3) is 16.0 Å². The lowest BCUT2D eigenvalue weighted by molar-refractivity contribution is 0.386. The Kier molecular flexibility index (Phi) is 5.43. The predicted octanol–water partition coefficient (Wildman–Crippen LogP) is 4.09. The molecule has 0 aliphatic carbocycles. The van der Waals surface area contributed by atoms with Crippen molar-refractivity contribution in [1.82, 2.24) is 19.5 Å². The number of nitrogens with zero attached hydrogens (tertiary/aromatic N) is 4. The molecule has 0 radical (unpaired) electrons. The second kappa shape index (κ2) is 8.03. The first kappa shape index (κ1) is 20.3. The summed E-state index contributed by atoms with van der Waals surface area (Å²) in [5, 5.41) is -0.0626. The Morgan fingerprint density at radius 3 is 2.53 bits per heavy atom. The molecule has 4 rings (SSSR count). The number of halogens is 4. The zero-order valence-electron chi connectivity index (χ0n) is 15.0. The second-order valence-electron chi connectivity index (χ2n) is 5.84. The highest BCUT2D eigenvalue weighted by atomic mass is 32.2. The van der Waals surface area contributed by atoms with Crippen molar-refractivity contribution in [1.29, 1.82) is 0 Å². The third kappa shape index (κ3) is 3.63. The van der Waals surface area contributed by atoms with E-state index in [1.165, 1.54) is 24.8 Å². The van der Waals surface area contributed by atoms with E-state index < -0.39 is 34.5 Å². The van der Waals surface area contributed by atoms with Crippen molar-refractivity contribution >= 4 is 33.4 Å². The summed E-state index contributed by atoms with van der Waals surface area (Å²) in [6.45, 7) is 0. The van der Waals surface area contributed by atoms with Gasteiger partial charge in [-0.2, -0.15) is 9.37 Å². The SMILES string of the molecule is COc1ccc(-n2c(SCc3c(F)cc(F)cc3F)nc3ncsc3c2=O)c(F)n1. The van der Waals surface area contributed by atoms with Crippen LogP contribution >= 0.6 is 23.1 Å². The molecule has 0 spiro atoms. The summed E-state index contributed by atoms with van der Waals surface area (Å²) < 4.78 is 61.7. The monoisotopic (exact) mass is 454 g/mol. The molecule has 0 saturated heterocycles. The summed E-state index contributed by atoms with van der Waals surface area (Å²) in [5.74, 6) is -4.54. The molecule has 0 unspecified atom stereocenters. The zero-order chi connectivity index (χ0) is 21.4. The lowest BCUT2D eigenvalue weighted by Crippen LogP contribution is -2.22. The number of thioether (sulfide) groups is 1. The van der Waals surface area contributed by atoms with Crippen LogP contribution < -0.4 is 10.3 Å². The fourth-order valence-corrected chi connectivity index (χ4v) is 4.31. The van der Waals surface area contributed by atoms with Crippen LogP contribution in [-0.4, -0.2) is 26.6 Å². The van der Waals surface area contributed by atoms with E-state index in [1.54, 1.807) is 0 Å². The van der Waals surface area contributed by atoms with Crippen molar-refractivity contribution in [3.63, 3.8) is 0 Å². The molecule has 12 heteroatoms. The zero-order valence-corrected chi connectivity index (χ0v) is 16.7. The molecule has 1 aromatic carbocycles. The van der Waals surface area contributed by atoms with Crippen LogP contribution in [0.15, 0.2) is 39.7 Å². The molecule has 0 atom stereocenters. The lowest BCUT2D eigenvalue weighted by atomic mass is 10.2. The molecule has 0 amide bonds. The number of ether oxygens (including phenoxy) is 1. The molecular formula is C18H10F4N4O2S2. The maximum Gasteiger partial charge on any atom is 0.278 e. The van der Waals surface area contributed by atoms with Gasteiger partial charge < -0.3 is 4.74 Å². The maximum atomic E-state index is 14.6. The fourth-order valence-electron chi connectivity index (χ4n) is 2.64. The number of pyridine rings is 1. The average Bonchev–Trinajstić information content (AvgIpc) is 3.17. The number of benzene rings is 1. The molecule has 6 nitrogen and oxygen atoms in total. The number of hydrogen-bond acceptors (Lipinski definition) is 7. The van der Waals surface area contributed by atoms with Gasteiger partial charge in [-0.3, -0.25) is 4.79 Å². The van der Waals surface area contributed by atoms with Crippen LogP contribution in [-0.2, 0) is 5.75 Å². The van der Waals surface area contributed by atoms with Gasteiger partial charge in [0, 0.05) is 29.5 Å². The van der Waals surface area contributed by atoms with Gasteiger partial charge in [-0.05, 0) is 6.07 Å². The molecule has 30 heavy (non-hydrogen) atoms. The normalized spacial score (nSPS) is 11.2. The molecule has 154 valence electrons. The number of aromatic nitrogens is 4. The van der Waals surface area contributed by atoms with Crippen molar-refractivity contribution in [2.45, 2.75) is 10.9 Å². The van der Waals surface area contributed by atoms with Gasteiger partial charge >= 0.3 is 0 Å². The topological polar surface area (TPSA) is 69.9 Å². The Labute approximate surface area is 174 Å². The molecule has 0 saturated carbocycles. The van der Waals surface area contributed by atoms with E-state index in [2.05, 4.69) is 15.0 Å². The Hall–Kier alpha value is -2.99. The minimum Gasteiger partial charge on any atom is -0.481 e. The molecule has 3 aromatic heterocycles. The van der Waals surface area contributed by atoms with Gasteiger partial charge in [0.05, 0.1) is 12.6 Å². The summed E-state index contributed by atoms with van der Waals surface area (Å²) >= 11 is 1.79. The van der Waals surface area contributed by atoms with E-state index in [-0.39, 0.29) is 32.8 Å². The quantitative estimate of drug-likeness (QED) is 0.196. The van der Waals surface area contributed by atoms with Crippen molar-refractivity contribution < 1.29 is 22.3 Å². The van der Waals surface area contributed by atoms with Crippen molar-refractivity contribution in [2.24, 2.45) is 0 Å². The number of thiazole rings is 1. The Morgan fingerprint density at radius 1 is 1.13 bits per heavy atom. The van der Waals surface area contributed by atoms with E-state index in [4.69, 9.17) is 4.74 Å². The van der Waals surface area contributed by atoms with Crippen LogP contribution in [0.5, 0.6) is 5.88 Å². The molecule has 0 N–H and O–H groups in total. The summed E-state index contributed by atoms with van der Waals surface area (Å²) in [5.41, 5.74) is 0.279. The summed E-state index contributed by atoms with van der Waals surface area (Å²) in [4.78, 5) is 24.8. The highest BCUT2D eigenvalue weighted by molar-refractivity contribution is 7.98. The largest absolute Gasteiger partial charge is 0.481 e. The van der Waals surface area contributed by atoms with E-state index in [9.17, 15) is 22.4 Å². The minimum atomic E-state index is -1.08. The smallest absolute Gasteiger partial charge is 0.278 e. The third-order valence-electron chi connectivity index (χ3n) is 4.04. The standard InChI is InChI=1S/C18H10F4N4O2S2/c1-28-13-3-2-12(15(22)24-13)26-17(27)14-16(23-7-30-14)25-18(26)29-6-9-10(20)4-8(19)5-11(9)21/h2-5,7H,6H2,1H3. The number of hydrogen-bond donors (Lipinski definition) is 0. The number of methoxy groups -OCH3 is 1. The third-order valence-corrected chi connectivity index (χ3v) is 5.81. The molecule has 4 aromatic rings. The van der Waals surface area contributed by atoms with Gasteiger partial charge in [-0.25, -0.2) is 27.7 Å². The molecule has 0 bridgehead atoms. The second-order valence-corrected chi connectivity index (χ2v) is 7.64. The van der Waals surface area contributed by atoms with Gasteiger partial charge in [-0.1, -0.05) is 11.8 Å². The predicted molar refractivity (Wildman–Crippen MR) is 103 cm³/mol. The first-order valence-electron chi connectivity index (χ1n) is 8.22. The van der Waals surface area contributed by atoms with Gasteiger partial charge in [0.25, 0.3) is 5.56 Å². The molecule has 3 heterocycles. The molecule has 0 aliphatic heterocycles. The number of rotatable bonds is 5. The summed E-state index contributed by atoms with van der Waals surface area (Å²) in [6.07, 6.45) is 0.